The predicted molar refractivity (Wildman–Crippen MR) is 68.1 cm³/mol. The maximum atomic E-state index is 12.4. The van der Waals surface area contributed by atoms with Crippen LogP contribution < -0.4 is 0 Å². The Balaban J connectivity index is 2.09. The van der Waals surface area contributed by atoms with Gasteiger partial charge < -0.3 is 9.84 Å². The quantitative estimate of drug-likeness (QED) is 0.531. The van der Waals surface area contributed by atoms with Gasteiger partial charge in [-0.25, -0.2) is 4.79 Å². The van der Waals surface area contributed by atoms with E-state index in [0.717, 1.165) is 12.8 Å². The summed E-state index contributed by atoms with van der Waals surface area (Å²) >= 11 is 0. The number of carbonyl (C=O) groups excluding carboxylic acids is 2. The molecule has 1 unspecified atom stereocenters. The average Bonchev–Trinajstić information content (AvgIpc) is 2.70. The number of ether oxygens (including phenoxy) is 1. The van der Waals surface area contributed by atoms with Crippen LogP contribution in [-0.2, 0) is 14.3 Å². The first-order valence-corrected chi connectivity index (χ1v) is 6.98. The number of esters is 1. The highest BCUT2D eigenvalue weighted by Gasteiger charge is 2.63. The third-order valence-corrected chi connectivity index (χ3v) is 5.55. The number of ketones is 1. The van der Waals surface area contributed by atoms with Crippen LogP contribution in [0.2, 0.25) is 0 Å². The van der Waals surface area contributed by atoms with Crippen LogP contribution in [0.4, 0.5) is 0 Å². The molecule has 0 bridgehead atoms. The number of fused-ring (bicyclic) bond motifs is 3. The van der Waals surface area contributed by atoms with Crippen molar-refractivity contribution in [2.24, 2.45) is 23.2 Å². The van der Waals surface area contributed by atoms with Crippen LogP contribution in [0.5, 0.6) is 0 Å². The first-order valence-electron chi connectivity index (χ1n) is 6.98. The van der Waals surface area contributed by atoms with Gasteiger partial charge in [-0.15, -0.1) is 0 Å². The standard InChI is InChI=1S/C15H20O4/c1-7-4-5-9-8(2)14(18)19-13(9)15(3)11(17)6-10(16)12(7)15/h7,9-10,12-13,16H,2,4-6H2,1,3H3/t7-,9-,10+,12?,13+,15+/m0/s1. The molecule has 4 nitrogen and oxygen atoms in total. The fourth-order valence-corrected chi connectivity index (χ4v) is 4.54. The maximum Gasteiger partial charge on any atom is 0.334 e. The number of aliphatic hydroxyl groups is 1. The SMILES string of the molecule is C=C1C(=O)O[C@@H]2[C@H]1CC[C@H](C)C1[C@H](O)CC(=O)[C@]12C. The zero-order chi connectivity index (χ0) is 13.9. The molecule has 0 radical (unpaired) electrons. The Labute approximate surface area is 112 Å². The molecule has 1 aliphatic heterocycles. The molecule has 0 aromatic heterocycles. The van der Waals surface area contributed by atoms with E-state index in [1.165, 1.54) is 0 Å². The number of rotatable bonds is 0. The van der Waals surface area contributed by atoms with E-state index in [2.05, 4.69) is 13.5 Å². The lowest BCUT2D eigenvalue weighted by Crippen LogP contribution is -2.46. The van der Waals surface area contributed by atoms with E-state index < -0.39 is 17.6 Å². The van der Waals surface area contributed by atoms with Crippen LogP contribution in [0.1, 0.15) is 33.1 Å². The Morgan fingerprint density at radius 2 is 2.05 bits per heavy atom. The predicted octanol–water partition coefficient (Wildman–Crippen LogP) is 1.47. The van der Waals surface area contributed by atoms with Gasteiger partial charge in [0.1, 0.15) is 11.9 Å². The largest absolute Gasteiger partial charge is 0.457 e. The van der Waals surface area contributed by atoms with E-state index in [0.29, 0.717) is 5.57 Å². The molecule has 2 aliphatic carbocycles. The minimum Gasteiger partial charge on any atom is -0.457 e. The number of carbonyl (C=O) groups is 2. The van der Waals surface area contributed by atoms with Gasteiger partial charge in [-0.2, -0.15) is 0 Å². The molecule has 1 heterocycles. The Morgan fingerprint density at radius 1 is 1.37 bits per heavy atom. The van der Waals surface area contributed by atoms with Gasteiger partial charge in [0.15, 0.2) is 0 Å². The second-order valence-corrected chi connectivity index (χ2v) is 6.52. The van der Waals surface area contributed by atoms with E-state index in [1.807, 2.05) is 6.92 Å². The molecule has 0 spiro atoms. The minimum absolute atomic E-state index is 0.0243. The van der Waals surface area contributed by atoms with E-state index >= 15 is 0 Å². The zero-order valence-corrected chi connectivity index (χ0v) is 11.4. The van der Waals surface area contributed by atoms with Crippen LogP contribution in [0.15, 0.2) is 12.2 Å². The summed E-state index contributed by atoms with van der Waals surface area (Å²) < 4.78 is 5.47. The molecule has 0 amide bonds. The highest BCUT2D eigenvalue weighted by molar-refractivity contribution is 5.94. The van der Waals surface area contributed by atoms with E-state index in [9.17, 15) is 14.7 Å². The van der Waals surface area contributed by atoms with Gasteiger partial charge in [-0.3, -0.25) is 4.79 Å². The summed E-state index contributed by atoms with van der Waals surface area (Å²) in [5.41, 5.74) is -0.261. The molecule has 2 saturated carbocycles. The van der Waals surface area contributed by atoms with Crippen molar-refractivity contribution in [1.82, 2.24) is 0 Å². The molecule has 0 aromatic rings. The zero-order valence-electron chi connectivity index (χ0n) is 11.4. The van der Waals surface area contributed by atoms with Gasteiger partial charge in [0.2, 0.25) is 0 Å². The lowest BCUT2D eigenvalue weighted by atomic mass is 9.68. The second kappa shape index (κ2) is 3.92. The van der Waals surface area contributed by atoms with E-state index in [4.69, 9.17) is 4.74 Å². The minimum atomic E-state index is -0.755. The van der Waals surface area contributed by atoms with Crippen molar-refractivity contribution in [2.75, 3.05) is 0 Å². The molecule has 3 fully saturated rings. The molecule has 19 heavy (non-hydrogen) atoms. The first kappa shape index (κ1) is 12.9. The van der Waals surface area contributed by atoms with Crippen LogP contribution in [-0.4, -0.2) is 29.1 Å². The molecule has 1 N–H and O–H groups in total. The Bertz CT molecular complexity index is 469. The maximum absolute atomic E-state index is 12.4. The molecule has 3 rings (SSSR count). The topological polar surface area (TPSA) is 63.6 Å². The van der Waals surface area contributed by atoms with Crippen molar-refractivity contribution in [3.05, 3.63) is 12.2 Å². The van der Waals surface area contributed by atoms with Gasteiger partial charge in [0.25, 0.3) is 0 Å². The summed E-state index contributed by atoms with van der Waals surface area (Å²) in [7, 11) is 0. The van der Waals surface area contributed by atoms with E-state index in [-0.39, 0.29) is 35.9 Å². The summed E-state index contributed by atoms with van der Waals surface area (Å²) in [5.74, 6) is -0.286. The van der Waals surface area contributed by atoms with Gasteiger partial charge in [0.05, 0.1) is 11.5 Å². The van der Waals surface area contributed by atoms with Crippen LogP contribution in [0, 0.1) is 23.2 Å². The lowest BCUT2D eigenvalue weighted by molar-refractivity contribution is -0.152. The number of hydrogen-bond acceptors (Lipinski definition) is 4. The van der Waals surface area contributed by atoms with Crippen molar-refractivity contribution in [1.29, 1.82) is 0 Å². The van der Waals surface area contributed by atoms with Gasteiger partial charge >= 0.3 is 5.97 Å². The third kappa shape index (κ3) is 1.49. The summed E-state index contributed by atoms with van der Waals surface area (Å²) in [6.07, 6.45) is 0.828. The Morgan fingerprint density at radius 3 is 2.74 bits per heavy atom. The first-order chi connectivity index (χ1) is 8.87. The number of aliphatic hydroxyl groups excluding tert-OH is 1. The molecule has 0 aromatic carbocycles. The number of Topliss-reactive ketones (excluding diaryl/α,β-unsaturated/α-hetero) is 1. The van der Waals surface area contributed by atoms with Crippen molar-refractivity contribution >= 4 is 11.8 Å². The second-order valence-electron chi connectivity index (χ2n) is 6.52. The van der Waals surface area contributed by atoms with Crippen molar-refractivity contribution in [3.63, 3.8) is 0 Å². The van der Waals surface area contributed by atoms with Crippen LogP contribution in [0.3, 0.4) is 0 Å². The Hall–Kier alpha value is -1.16. The van der Waals surface area contributed by atoms with Crippen molar-refractivity contribution in [3.8, 4) is 0 Å². The van der Waals surface area contributed by atoms with Gasteiger partial charge in [0, 0.05) is 23.8 Å². The molecule has 1 saturated heterocycles. The summed E-state index contributed by atoms with van der Waals surface area (Å²) in [5, 5.41) is 10.2. The summed E-state index contributed by atoms with van der Waals surface area (Å²) in [4.78, 5) is 24.2. The van der Waals surface area contributed by atoms with Crippen LogP contribution in [0.25, 0.3) is 0 Å². The molecule has 4 heteroatoms. The van der Waals surface area contributed by atoms with E-state index in [1.54, 1.807) is 0 Å². The fourth-order valence-electron chi connectivity index (χ4n) is 4.54. The lowest BCUT2D eigenvalue weighted by Gasteiger charge is -2.37. The fraction of sp³-hybridized carbons (Fsp3) is 0.733. The molecule has 6 atom stereocenters. The monoisotopic (exact) mass is 264 g/mol. The highest BCUT2D eigenvalue weighted by Crippen LogP contribution is 2.56. The Kier molecular flexibility index (Phi) is 2.65. The highest BCUT2D eigenvalue weighted by atomic mass is 16.6. The van der Waals surface area contributed by atoms with Crippen molar-refractivity contribution < 1.29 is 19.4 Å². The third-order valence-electron chi connectivity index (χ3n) is 5.55. The molecular weight excluding hydrogens is 244 g/mol. The van der Waals surface area contributed by atoms with Gasteiger partial charge in [-0.05, 0) is 25.7 Å². The van der Waals surface area contributed by atoms with Crippen molar-refractivity contribution in [2.45, 2.75) is 45.3 Å². The molecule has 104 valence electrons. The average molecular weight is 264 g/mol. The molecular formula is C15H20O4. The number of hydrogen-bond donors (Lipinski definition) is 1. The van der Waals surface area contributed by atoms with Gasteiger partial charge in [-0.1, -0.05) is 13.5 Å². The molecule has 3 aliphatic rings. The smallest absolute Gasteiger partial charge is 0.334 e. The van der Waals surface area contributed by atoms with Crippen LogP contribution >= 0.6 is 0 Å². The normalized spacial score (nSPS) is 49.6. The summed E-state index contributed by atoms with van der Waals surface area (Å²) in [6, 6.07) is 0. The summed E-state index contributed by atoms with van der Waals surface area (Å²) in [6.45, 7) is 7.77.